The molecule has 118 valence electrons. The lowest BCUT2D eigenvalue weighted by atomic mass is 9.96. The molecule has 1 aromatic rings. The van der Waals surface area contributed by atoms with Crippen LogP contribution in [0.4, 0.5) is 10.1 Å². The zero-order valence-electron chi connectivity index (χ0n) is 12.4. The van der Waals surface area contributed by atoms with Crippen LogP contribution in [-0.4, -0.2) is 24.5 Å². The van der Waals surface area contributed by atoms with E-state index in [0.29, 0.717) is 5.56 Å². The number of amides is 2. The van der Waals surface area contributed by atoms with Crippen molar-refractivity contribution in [3.8, 4) is 5.75 Å². The number of carbonyl (C=O) groups excluding carboxylic acids is 2. The van der Waals surface area contributed by atoms with Crippen molar-refractivity contribution in [3.63, 3.8) is 0 Å². The van der Waals surface area contributed by atoms with E-state index in [2.05, 4.69) is 10.6 Å². The van der Waals surface area contributed by atoms with Crippen LogP contribution in [0.2, 0.25) is 0 Å². The Labute approximate surface area is 130 Å². The van der Waals surface area contributed by atoms with E-state index in [1.54, 1.807) is 0 Å². The van der Waals surface area contributed by atoms with Crippen molar-refractivity contribution in [3.05, 3.63) is 23.0 Å². The highest BCUT2D eigenvalue weighted by Gasteiger charge is 2.44. The predicted molar refractivity (Wildman–Crippen MR) is 79.3 cm³/mol. The third kappa shape index (κ3) is 3.06. The molecule has 2 rings (SSSR count). The minimum Gasteiger partial charge on any atom is -0.490 e. The molecule has 0 aromatic heterocycles. The van der Waals surface area contributed by atoms with Gasteiger partial charge in [-0.25, -0.2) is 4.39 Å². The largest absolute Gasteiger partial charge is 0.490 e. The molecule has 1 aliphatic rings. The van der Waals surface area contributed by atoms with E-state index in [9.17, 15) is 18.2 Å². The second kappa shape index (κ2) is 6.35. The summed E-state index contributed by atoms with van der Waals surface area (Å²) in [6.45, 7) is 4.23. The van der Waals surface area contributed by atoms with Gasteiger partial charge in [-0.1, -0.05) is 0 Å². The summed E-state index contributed by atoms with van der Waals surface area (Å²) in [5, 5.41) is 4.48. The van der Waals surface area contributed by atoms with Gasteiger partial charge in [-0.2, -0.15) is 0 Å². The second-order valence-electron chi connectivity index (χ2n) is 5.09. The van der Waals surface area contributed by atoms with E-state index < -0.39 is 17.1 Å². The zero-order valence-corrected chi connectivity index (χ0v) is 13.2. The molecule has 0 radical (unpaired) electrons. The Balaban J connectivity index is 2.57. The van der Waals surface area contributed by atoms with Crippen molar-refractivity contribution in [1.82, 2.24) is 5.32 Å². The molecule has 1 aliphatic heterocycles. The Kier molecular flexibility index (Phi) is 4.70. The molecule has 2 amide bonds. The van der Waals surface area contributed by atoms with Crippen molar-refractivity contribution in [1.29, 1.82) is 0 Å². The first-order chi connectivity index (χ1) is 10.3. The van der Waals surface area contributed by atoms with E-state index in [0.717, 1.165) is 6.07 Å². The molecule has 0 fully saturated rings. The monoisotopic (exact) mass is 327 g/mol. The summed E-state index contributed by atoms with van der Waals surface area (Å²) in [7, 11) is 0. The van der Waals surface area contributed by atoms with Crippen molar-refractivity contribution in [2.24, 2.45) is 0 Å². The van der Waals surface area contributed by atoms with Crippen LogP contribution in [0.3, 0.4) is 0 Å². The minimum atomic E-state index is -0.686. The van der Waals surface area contributed by atoms with Gasteiger partial charge in [0.1, 0.15) is 24.2 Å². The maximum absolute atomic E-state index is 14.0. The van der Waals surface area contributed by atoms with Crippen LogP contribution in [0, 0.1) is 12.7 Å². The molecule has 0 spiro atoms. The second-order valence-corrected chi connectivity index (χ2v) is 5.79. The Hall–Kier alpha value is -2.09. The number of hydrogen-bond donors (Lipinski definition) is 2. The van der Waals surface area contributed by atoms with Crippen LogP contribution in [0.25, 0.3) is 0 Å². The van der Waals surface area contributed by atoms with Crippen molar-refractivity contribution >= 4 is 29.2 Å². The van der Waals surface area contributed by atoms with E-state index in [4.69, 9.17) is 4.74 Å². The number of anilines is 1. The third-order valence-electron chi connectivity index (χ3n) is 3.36. The summed E-state index contributed by atoms with van der Waals surface area (Å²) in [4.78, 5) is 22.6. The lowest BCUT2D eigenvalue weighted by Gasteiger charge is -2.28. The van der Waals surface area contributed by atoms with Gasteiger partial charge in [0.15, 0.2) is 0 Å². The molecular formula is C14H16FN2O4S+. The Morgan fingerprint density at radius 2 is 2.05 bits per heavy atom. The van der Waals surface area contributed by atoms with Gasteiger partial charge in [0.2, 0.25) is 11.8 Å². The highest BCUT2D eigenvalue weighted by Crippen LogP contribution is 2.42. The first kappa shape index (κ1) is 16.3. The van der Waals surface area contributed by atoms with Crippen molar-refractivity contribution in [2.45, 2.75) is 32.1 Å². The lowest BCUT2D eigenvalue weighted by molar-refractivity contribution is -0.120. The summed E-state index contributed by atoms with van der Waals surface area (Å²) in [6, 6.07) is 0.614. The number of benzene rings is 1. The van der Waals surface area contributed by atoms with Gasteiger partial charge in [-0.05, 0) is 13.0 Å². The molecule has 1 aromatic carbocycles. The zero-order chi connectivity index (χ0) is 16.4. The molecule has 0 bridgehead atoms. The number of ether oxygens (including phenoxy) is 1. The fourth-order valence-corrected chi connectivity index (χ4v) is 3.07. The standard InChI is InChI=1S/C14H15FN2O4S/c1-6-9(15)4-10(16-7(2)18)12-13(6)21-5-11(14(12)22-20)17-8(3)19/h4,11,14H,5H2,1-3H3,(H-,16,17,18,19)/p+1. The summed E-state index contributed by atoms with van der Waals surface area (Å²) in [5.41, 5.74) is 0.859. The number of hydrogen-bond acceptors (Lipinski definition) is 4. The van der Waals surface area contributed by atoms with Crippen molar-refractivity contribution in [2.75, 3.05) is 11.9 Å². The molecule has 2 N–H and O–H groups in total. The highest BCUT2D eigenvalue weighted by atomic mass is 32.1. The number of nitrogens with one attached hydrogen (secondary N) is 2. The SMILES string of the molecule is CC(=O)Nc1cc(F)c(C)c2c1C([S+]=O)C(NC(C)=O)CO2. The molecule has 0 saturated carbocycles. The van der Waals surface area contributed by atoms with Gasteiger partial charge in [0.25, 0.3) is 5.25 Å². The van der Waals surface area contributed by atoms with Gasteiger partial charge in [-0.15, -0.1) is 0 Å². The van der Waals surface area contributed by atoms with Crippen LogP contribution < -0.4 is 15.4 Å². The first-order valence-corrected chi connectivity index (χ1v) is 7.44. The van der Waals surface area contributed by atoms with Gasteiger partial charge < -0.3 is 15.4 Å². The molecule has 0 aliphatic carbocycles. The third-order valence-corrected chi connectivity index (χ3v) is 4.14. The van der Waals surface area contributed by atoms with Crippen LogP contribution >= 0.6 is 0 Å². The van der Waals surface area contributed by atoms with Crippen molar-refractivity contribution < 1.29 is 22.9 Å². The molecule has 22 heavy (non-hydrogen) atoms. The molecule has 2 unspecified atom stereocenters. The van der Waals surface area contributed by atoms with Gasteiger partial charge in [0, 0.05) is 23.6 Å². The summed E-state index contributed by atoms with van der Waals surface area (Å²) >= 11 is 0.276. The first-order valence-electron chi connectivity index (χ1n) is 6.64. The average Bonchev–Trinajstić information content (AvgIpc) is 2.42. The van der Waals surface area contributed by atoms with E-state index in [1.807, 2.05) is 0 Å². The van der Waals surface area contributed by atoms with Gasteiger partial charge in [-0.3, -0.25) is 9.59 Å². The highest BCUT2D eigenvalue weighted by molar-refractivity contribution is 7.66. The minimum absolute atomic E-state index is 0.0658. The summed E-state index contributed by atoms with van der Waals surface area (Å²) in [5.74, 6) is -0.966. The average molecular weight is 327 g/mol. The molecule has 0 saturated heterocycles. The fraction of sp³-hybridized carbons (Fsp3) is 0.429. The Bertz CT molecular complexity index is 650. The topological polar surface area (TPSA) is 84.5 Å². The van der Waals surface area contributed by atoms with E-state index in [-0.39, 0.29) is 47.1 Å². The summed E-state index contributed by atoms with van der Waals surface area (Å²) in [6.07, 6.45) is 0. The smallest absolute Gasteiger partial charge is 0.469 e. The molecule has 1 heterocycles. The fourth-order valence-electron chi connectivity index (χ4n) is 2.46. The lowest BCUT2D eigenvalue weighted by Crippen LogP contribution is -2.45. The Morgan fingerprint density at radius 1 is 1.36 bits per heavy atom. The van der Waals surface area contributed by atoms with Gasteiger partial charge >= 0.3 is 11.7 Å². The molecular weight excluding hydrogens is 311 g/mol. The van der Waals surface area contributed by atoms with Crippen LogP contribution in [-0.2, 0) is 25.5 Å². The van der Waals surface area contributed by atoms with Crippen LogP contribution in [0.1, 0.15) is 30.2 Å². The number of rotatable bonds is 3. The normalized spacial score (nSPS) is 19.6. The molecule has 6 nitrogen and oxygen atoms in total. The summed E-state index contributed by atoms with van der Waals surface area (Å²) < 4.78 is 31.1. The number of fused-ring (bicyclic) bond motifs is 1. The maximum Gasteiger partial charge on any atom is 0.469 e. The number of carbonyl (C=O) groups is 2. The van der Waals surface area contributed by atoms with Gasteiger partial charge in [0.05, 0.1) is 11.3 Å². The quantitative estimate of drug-likeness (QED) is 0.823. The van der Waals surface area contributed by atoms with E-state index >= 15 is 0 Å². The number of halogens is 1. The predicted octanol–water partition coefficient (Wildman–Crippen LogP) is 1.46. The molecule has 8 heteroatoms. The van der Waals surface area contributed by atoms with Crippen LogP contribution in [0.15, 0.2) is 6.07 Å². The molecule has 2 atom stereocenters. The van der Waals surface area contributed by atoms with Crippen LogP contribution in [0.5, 0.6) is 5.75 Å². The van der Waals surface area contributed by atoms with E-state index in [1.165, 1.54) is 20.8 Å². The maximum atomic E-state index is 14.0. The Morgan fingerprint density at radius 3 is 2.59 bits per heavy atom.